The molecule has 4 aromatic heterocycles. The van der Waals surface area contributed by atoms with Gasteiger partial charge in [0.15, 0.2) is 5.65 Å². The average Bonchev–Trinajstić information content (AvgIpc) is 3.17. The van der Waals surface area contributed by atoms with Gasteiger partial charge in [-0.25, -0.2) is 18.9 Å². The number of rotatable bonds is 7. The normalized spacial score (nSPS) is 12.1. The highest BCUT2D eigenvalue weighted by Crippen LogP contribution is 2.27. The molecule has 0 aliphatic rings. The fourth-order valence-electron chi connectivity index (χ4n) is 3.25. The summed E-state index contributed by atoms with van der Waals surface area (Å²) >= 11 is 0. The van der Waals surface area contributed by atoms with E-state index in [4.69, 9.17) is 4.74 Å². The van der Waals surface area contributed by atoms with Gasteiger partial charge in [-0.15, -0.1) is 5.10 Å². The molecule has 0 radical (unpaired) electrons. The summed E-state index contributed by atoms with van der Waals surface area (Å²) in [5, 5.41) is 17.1. The van der Waals surface area contributed by atoms with Crippen LogP contribution in [-0.2, 0) is 6.42 Å². The van der Waals surface area contributed by atoms with Crippen molar-refractivity contribution in [2.24, 2.45) is 0 Å². The van der Waals surface area contributed by atoms with Crippen LogP contribution in [0.4, 0.5) is 10.2 Å². The van der Waals surface area contributed by atoms with E-state index >= 15 is 0 Å². The van der Waals surface area contributed by atoms with Gasteiger partial charge in [0, 0.05) is 18.4 Å². The fraction of sp³-hybridized carbons (Fsp3) is 0.238. The van der Waals surface area contributed by atoms with Crippen LogP contribution in [0.3, 0.4) is 0 Å². The Labute approximate surface area is 172 Å². The molecule has 1 atom stereocenters. The van der Waals surface area contributed by atoms with Crippen molar-refractivity contribution in [2.75, 3.05) is 19.0 Å². The molecule has 0 bridgehead atoms. The third kappa shape index (κ3) is 3.92. The Bertz CT molecular complexity index is 1180. The van der Waals surface area contributed by atoms with Gasteiger partial charge >= 0.3 is 0 Å². The molecule has 0 unspecified atom stereocenters. The van der Waals surface area contributed by atoms with Gasteiger partial charge in [0.2, 0.25) is 5.88 Å². The van der Waals surface area contributed by atoms with Crippen molar-refractivity contribution in [1.29, 1.82) is 0 Å². The Morgan fingerprint density at radius 3 is 2.83 bits per heavy atom. The first-order chi connectivity index (χ1) is 14.6. The number of halogens is 1. The molecule has 0 spiro atoms. The molecule has 154 valence electrons. The number of nitrogens with zero attached hydrogens (tertiary/aromatic N) is 5. The van der Waals surface area contributed by atoms with E-state index in [1.54, 1.807) is 23.0 Å². The number of hydrogen-bond donors (Lipinski definition) is 2. The second kappa shape index (κ2) is 8.42. The minimum absolute atomic E-state index is 0.0687. The maximum Gasteiger partial charge on any atom is 0.218 e. The monoisotopic (exact) mass is 408 g/mol. The molecule has 2 N–H and O–H groups in total. The molecule has 4 aromatic rings. The van der Waals surface area contributed by atoms with Crippen molar-refractivity contribution in [3.63, 3.8) is 0 Å². The number of pyridine rings is 2. The van der Waals surface area contributed by atoms with Crippen molar-refractivity contribution in [1.82, 2.24) is 24.6 Å². The number of ether oxygens (including phenoxy) is 1. The van der Waals surface area contributed by atoms with E-state index in [2.05, 4.69) is 25.4 Å². The second-order valence-electron chi connectivity index (χ2n) is 6.77. The van der Waals surface area contributed by atoms with Crippen LogP contribution in [0.25, 0.3) is 17.0 Å². The number of hydrogen-bond acceptors (Lipinski definition) is 7. The maximum absolute atomic E-state index is 13.7. The van der Waals surface area contributed by atoms with E-state index in [0.717, 1.165) is 17.5 Å². The smallest absolute Gasteiger partial charge is 0.218 e. The number of aliphatic hydroxyl groups excluding tert-OH is 1. The molecule has 0 aliphatic carbocycles. The molecule has 4 heterocycles. The Hall–Kier alpha value is -3.59. The quantitative estimate of drug-likeness (QED) is 0.485. The first-order valence-electron chi connectivity index (χ1n) is 9.46. The predicted molar refractivity (Wildman–Crippen MR) is 110 cm³/mol. The van der Waals surface area contributed by atoms with Gasteiger partial charge in [0.05, 0.1) is 31.2 Å². The van der Waals surface area contributed by atoms with Gasteiger partial charge < -0.3 is 15.2 Å². The van der Waals surface area contributed by atoms with Crippen LogP contribution in [0.1, 0.15) is 24.1 Å². The highest BCUT2D eigenvalue weighted by Gasteiger charge is 2.16. The topological polar surface area (TPSA) is 97.5 Å². The van der Waals surface area contributed by atoms with Crippen LogP contribution in [0.15, 0.2) is 48.9 Å². The van der Waals surface area contributed by atoms with Crippen molar-refractivity contribution >= 4 is 11.5 Å². The van der Waals surface area contributed by atoms with Crippen LogP contribution in [0, 0.1) is 5.82 Å². The van der Waals surface area contributed by atoms with Crippen LogP contribution < -0.4 is 10.1 Å². The van der Waals surface area contributed by atoms with Crippen molar-refractivity contribution in [3.8, 4) is 17.3 Å². The first-order valence-corrected chi connectivity index (χ1v) is 9.46. The number of aromatic nitrogens is 5. The summed E-state index contributed by atoms with van der Waals surface area (Å²) in [6, 6.07) is 8.51. The summed E-state index contributed by atoms with van der Waals surface area (Å²) < 4.78 is 20.6. The van der Waals surface area contributed by atoms with E-state index in [1.165, 1.54) is 13.2 Å². The summed E-state index contributed by atoms with van der Waals surface area (Å²) in [6.45, 7) is 1.94. The summed E-state index contributed by atoms with van der Waals surface area (Å²) in [5.74, 6) is 0.492. The largest absolute Gasteiger partial charge is 0.481 e. The molecule has 0 amide bonds. The van der Waals surface area contributed by atoms with Gasteiger partial charge in [-0.1, -0.05) is 0 Å². The van der Waals surface area contributed by atoms with E-state index in [-0.39, 0.29) is 12.6 Å². The van der Waals surface area contributed by atoms with Crippen molar-refractivity contribution < 1.29 is 14.2 Å². The number of aliphatic hydroxyl groups is 1. The van der Waals surface area contributed by atoms with E-state index in [9.17, 15) is 9.50 Å². The maximum atomic E-state index is 13.7. The lowest BCUT2D eigenvalue weighted by Crippen LogP contribution is -2.12. The highest BCUT2D eigenvalue weighted by molar-refractivity contribution is 5.61. The Morgan fingerprint density at radius 1 is 1.17 bits per heavy atom. The molecular weight excluding hydrogens is 387 g/mol. The predicted octanol–water partition coefficient (Wildman–Crippen LogP) is 3.04. The van der Waals surface area contributed by atoms with E-state index in [0.29, 0.717) is 35.0 Å². The number of methoxy groups -OCH3 is 1. The average molecular weight is 408 g/mol. The Kier molecular flexibility index (Phi) is 5.53. The number of fused-ring (bicyclic) bond motifs is 1. The van der Waals surface area contributed by atoms with Gasteiger partial charge in [0.25, 0.3) is 0 Å². The molecular formula is C21H21FN6O2. The van der Waals surface area contributed by atoms with Gasteiger partial charge in [-0.3, -0.25) is 4.98 Å². The Morgan fingerprint density at radius 2 is 2.03 bits per heavy atom. The zero-order valence-corrected chi connectivity index (χ0v) is 16.6. The zero-order valence-electron chi connectivity index (χ0n) is 16.6. The lowest BCUT2D eigenvalue weighted by Gasteiger charge is -2.17. The molecule has 4 rings (SSSR count). The summed E-state index contributed by atoms with van der Waals surface area (Å²) in [7, 11) is 1.50. The lowest BCUT2D eigenvalue weighted by molar-refractivity contribution is 0.299. The third-order valence-electron chi connectivity index (χ3n) is 4.72. The lowest BCUT2D eigenvalue weighted by atomic mass is 10.1. The van der Waals surface area contributed by atoms with E-state index < -0.39 is 5.82 Å². The van der Waals surface area contributed by atoms with Gasteiger partial charge in [-0.2, -0.15) is 0 Å². The number of imidazole rings is 1. The van der Waals surface area contributed by atoms with Gasteiger partial charge in [0.1, 0.15) is 17.3 Å². The fourth-order valence-corrected chi connectivity index (χ4v) is 3.25. The highest BCUT2D eigenvalue weighted by atomic mass is 19.1. The molecule has 0 aliphatic heterocycles. The zero-order chi connectivity index (χ0) is 21.1. The molecule has 0 aromatic carbocycles. The van der Waals surface area contributed by atoms with Crippen LogP contribution in [0.2, 0.25) is 0 Å². The van der Waals surface area contributed by atoms with E-state index in [1.807, 2.05) is 25.1 Å². The number of anilines is 1. The first kappa shape index (κ1) is 19.7. The third-order valence-corrected chi connectivity index (χ3v) is 4.72. The molecule has 0 fully saturated rings. The molecule has 0 saturated heterocycles. The summed E-state index contributed by atoms with van der Waals surface area (Å²) in [5.41, 5.74) is 3.67. The standard InChI is InChI=1S/C21H21FN6O2/c1-13(16-10-15(22)11-25-21(16)30-2)26-19-3-4-20-24-12-18(28(20)27-19)17-9-14(6-8-29)5-7-23-17/h3-5,7,9-13,29H,6,8H2,1-2H3,(H,26,27)/t13-/m1/s1. The van der Waals surface area contributed by atoms with Gasteiger partial charge in [-0.05, 0) is 49.2 Å². The van der Waals surface area contributed by atoms with Crippen LogP contribution in [-0.4, -0.2) is 43.4 Å². The summed E-state index contributed by atoms with van der Waals surface area (Å²) in [6.07, 6.45) is 5.08. The Balaban J connectivity index is 1.66. The minimum atomic E-state index is -0.436. The van der Waals surface area contributed by atoms with Crippen molar-refractivity contribution in [2.45, 2.75) is 19.4 Å². The van der Waals surface area contributed by atoms with Crippen LogP contribution in [0.5, 0.6) is 5.88 Å². The number of nitrogens with one attached hydrogen (secondary N) is 1. The van der Waals surface area contributed by atoms with Crippen molar-refractivity contribution in [3.05, 3.63) is 65.9 Å². The molecule has 30 heavy (non-hydrogen) atoms. The molecule has 8 nitrogen and oxygen atoms in total. The minimum Gasteiger partial charge on any atom is -0.481 e. The second-order valence-corrected chi connectivity index (χ2v) is 6.77. The molecule has 0 saturated carbocycles. The SMILES string of the molecule is COc1ncc(F)cc1[C@@H](C)Nc1ccc2ncc(-c3cc(CCO)ccn3)n2n1. The van der Waals surface area contributed by atoms with Crippen LogP contribution >= 0.6 is 0 Å². The molecule has 9 heteroatoms. The summed E-state index contributed by atoms with van der Waals surface area (Å²) in [4.78, 5) is 12.8.